The van der Waals surface area contributed by atoms with E-state index in [2.05, 4.69) is 10.0 Å². The molecule has 2 aromatic rings. The van der Waals surface area contributed by atoms with Crippen molar-refractivity contribution in [1.29, 1.82) is 0 Å². The van der Waals surface area contributed by atoms with E-state index in [0.717, 1.165) is 11.8 Å². The molecule has 120 valence electrons. The monoisotopic (exact) mass is 323 g/mol. The summed E-state index contributed by atoms with van der Waals surface area (Å²) in [5, 5.41) is 3.60. The third-order valence-electron chi connectivity index (χ3n) is 3.89. The number of azide groups is 1. The van der Waals surface area contributed by atoms with E-state index in [9.17, 15) is 9.18 Å². The van der Waals surface area contributed by atoms with E-state index in [1.807, 2.05) is 6.07 Å². The number of carbonyl (C=O) groups is 1. The van der Waals surface area contributed by atoms with Gasteiger partial charge >= 0.3 is 0 Å². The van der Waals surface area contributed by atoms with Gasteiger partial charge in [-0.2, -0.15) is 0 Å². The van der Waals surface area contributed by atoms with Crippen LogP contribution < -0.4 is 4.74 Å². The minimum absolute atomic E-state index is 0.349. The summed E-state index contributed by atoms with van der Waals surface area (Å²) in [4.78, 5) is 14.4. The smallest absolute Gasteiger partial charge is 0.131 e. The first-order chi connectivity index (χ1) is 11.6. The lowest BCUT2D eigenvalue weighted by Crippen LogP contribution is -2.17. The van der Waals surface area contributed by atoms with E-state index in [1.165, 1.54) is 12.1 Å². The Balaban J connectivity index is 2.12. The number of hydrogen-bond acceptors (Lipinski definition) is 3. The van der Waals surface area contributed by atoms with Gasteiger partial charge in [0.2, 0.25) is 0 Å². The van der Waals surface area contributed by atoms with Gasteiger partial charge in [-0.1, -0.05) is 29.4 Å². The van der Waals surface area contributed by atoms with Crippen molar-refractivity contribution >= 4 is 6.29 Å². The molecule has 1 unspecified atom stereocenters. The van der Waals surface area contributed by atoms with E-state index in [0.29, 0.717) is 22.6 Å². The summed E-state index contributed by atoms with van der Waals surface area (Å²) in [6.07, 6.45) is 2.43. The second-order valence-electron chi connectivity index (χ2n) is 5.44. The van der Waals surface area contributed by atoms with E-state index < -0.39 is 12.0 Å². The Bertz CT molecular complexity index is 872. The van der Waals surface area contributed by atoms with E-state index in [1.54, 1.807) is 37.3 Å². The summed E-state index contributed by atoms with van der Waals surface area (Å²) in [7, 11) is 0. The number of carbonyl (C=O) groups excluding carboxylic acids is 1. The SMILES string of the molecule is CC(N=[N+]=[N-])C1=C[C@@H](C=O)c2c(cccc2-c2cccc(F)c2)O1. The number of halogens is 1. The van der Waals surface area contributed by atoms with E-state index in [4.69, 9.17) is 10.3 Å². The molecular formula is C18H14FN3O2. The lowest BCUT2D eigenvalue weighted by molar-refractivity contribution is -0.108. The normalized spacial score (nSPS) is 16.9. The predicted octanol–water partition coefficient (Wildman–Crippen LogP) is 4.75. The van der Waals surface area contributed by atoms with Crippen molar-refractivity contribution in [3.63, 3.8) is 0 Å². The van der Waals surface area contributed by atoms with Crippen LogP contribution in [0.1, 0.15) is 18.4 Å². The molecule has 3 rings (SSSR count). The molecule has 1 aliphatic rings. The Morgan fingerprint density at radius 3 is 2.83 bits per heavy atom. The van der Waals surface area contributed by atoms with Gasteiger partial charge in [0.25, 0.3) is 0 Å². The first kappa shape index (κ1) is 15.8. The second-order valence-corrected chi connectivity index (χ2v) is 5.44. The van der Waals surface area contributed by atoms with Crippen LogP contribution in [-0.4, -0.2) is 12.3 Å². The summed E-state index contributed by atoms with van der Waals surface area (Å²) >= 11 is 0. The summed E-state index contributed by atoms with van der Waals surface area (Å²) in [5.74, 6) is 0.0254. The van der Waals surface area contributed by atoms with E-state index in [-0.39, 0.29) is 5.82 Å². The zero-order valence-electron chi connectivity index (χ0n) is 12.9. The van der Waals surface area contributed by atoms with Crippen LogP contribution in [0.2, 0.25) is 0 Å². The molecule has 0 aliphatic carbocycles. The van der Waals surface area contributed by atoms with Gasteiger partial charge in [-0.05, 0) is 47.9 Å². The second kappa shape index (κ2) is 6.56. The molecule has 1 aliphatic heterocycles. The molecule has 5 nitrogen and oxygen atoms in total. The molecular weight excluding hydrogens is 309 g/mol. The predicted molar refractivity (Wildman–Crippen MR) is 88.0 cm³/mol. The quantitative estimate of drug-likeness (QED) is 0.352. The van der Waals surface area contributed by atoms with Crippen molar-refractivity contribution in [2.24, 2.45) is 5.11 Å². The van der Waals surface area contributed by atoms with Gasteiger partial charge in [0.05, 0.1) is 12.0 Å². The Labute approximate surface area is 138 Å². The zero-order valence-corrected chi connectivity index (χ0v) is 12.9. The maximum Gasteiger partial charge on any atom is 0.131 e. The number of ether oxygens (including phenoxy) is 1. The third kappa shape index (κ3) is 2.87. The highest BCUT2D eigenvalue weighted by atomic mass is 19.1. The van der Waals surface area contributed by atoms with Gasteiger partial charge in [0.1, 0.15) is 23.6 Å². The standard InChI is InChI=1S/C18H14FN3O2/c1-11(21-22-20)17-9-13(10-23)18-15(6-3-7-16(18)24-17)12-4-2-5-14(19)8-12/h2-11,13H,1H3/t11?,13-/m0/s1. The number of fused-ring (bicyclic) bond motifs is 1. The van der Waals surface area contributed by atoms with Gasteiger partial charge in [0.15, 0.2) is 0 Å². The average molecular weight is 323 g/mol. The molecule has 1 heterocycles. The first-order valence-electron chi connectivity index (χ1n) is 7.42. The molecule has 2 aromatic carbocycles. The van der Waals surface area contributed by atoms with Gasteiger partial charge < -0.3 is 9.53 Å². The largest absolute Gasteiger partial charge is 0.461 e. The summed E-state index contributed by atoms with van der Waals surface area (Å²) < 4.78 is 19.4. The Morgan fingerprint density at radius 1 is 1.33 bits per heavy atom. The minimum Gasteiger partial charge on any atom is -0.461 e. The van der Waals surface area contributed by atoms with Crippen molar-refractivity contribution in [1.82, 2.24) is 0 Å². The maximum absolute atomic E-state index is 13.6. The fourth-order valence-corrected chi connectivity index (χ4v) is 2.77. The Morgan fingerprint density at radius 2 is 2.12 bits per heavy atom. The van der Waals surface area contributed by atoms with E-state index >= 15 is 0 Å². The fraction of sp³-hybridized carbons (Fsp3) is 0.167. The molecule has 2 atom stereocenters. The van der Waals surface area contributed by atoms with Gasteiger partial charge in [-0.25, -0.2) is 4.39 Å². The van der Waals surface area contributed by atoms with Gasteiger partial charge in [-0.3, -0.25) is 0 Å². The Kier molecular flexibility index (Phi) is 4.31. The van der Waals surface area contributed by atoms with Crippen LogP contribution in [-0.2, 0) is 4.79 Å². The van der Waals surface area contributed by atoms with Crippen molar-refractivity contribution in [3.05, 3.63) is 76.1 Å². The Hall–Kier alpha value is -3.11. The van der Waals surface area contributed by atoms with Crippen molar-refractivity contribution in [2.75, 3.05) is 0 Å². The number of allylic oxidation sites excluding steroid dienone is 1. The van der Waals surface area contributed by atoms with Gasteiger partial charge in [-0.15, -0.1) is 0 Å². The average Bonchev–Trinajstić information content (AvgIpc) is 2.60. The highest BCUT2D eigenvalue weighted by molar-refractivity contribution is 5.79. The highest BCUT2D eigenvalue weighted by Crippen LogP contribution is 2.41. The highest BCUT2D eigenvalue weighted by Gasteiger charge is 2.26. The van der Waals surface area contributed by atoms with Crippen LogP contribution in [0.25, 0.3) is 21.6 Å². The number of hydrogen-bond donors (Lipinski definition) is 0. The maximum atomic E-state index is 13.6. The van der Waals surface area contributed by atoms with Gasteiger partial charge in [0, 0.05) is 10.5 Å². The first-order valence-corrected chi connectivity index (χ1v) is 7.42. The fourth-order valence-electron chi connectivity index (χ4n) is 2.77. The van der Waals surface area contributed by atoms with Crippen molar-refractivity contribution < 1.29 is 13.9 Å². The lowest BCUT2D eigenvalue weighted by Gasteiger charge is -2.26. The molecule has 0 spiro atoms. The van der Waals surface area contributed by atoms with Crippen LogP contribution in [0, 0.1) is 5.82 Å². The minimum atomic E-state index is -0.556. The number of benzene rings is 2. The van der Waals surface area contributed by atoms with Crippen LogP contribution in [0.4, 0.5) is 4.39 Å². The van der Waals surface area contributed by atoms with Crippen LogP contribution in [0.15, 0.2) is 59.4 Å². The molecule has 6 heteroatoms. The molecule has 0 saturated heterocycles. The molecule has 24 heavy (non-hydrogen) atoms. The summed E-state index contributed by atoms with van der Waals surface area (Å²) in [6.45, 7) is 1.69. The molecule has 0 N–H and O–H groups in total. The van der Waals surface area contributed by atoms with Crippen LogP contribution in [0.3, 0.4) is 0 Å². The van der Waals surface area contributed by atoms with Crippen LogP contribution in [0.5, 0.6) is 5.75 Å². The lowest BCUT2D eigenvalue weighted by atomic mass is 9.88. The third-order valence-corrected chi connectivity index (χ3v) is 3.89. The molecule has 0 radical (unpaired) electrons. The molecule has 0 bridgehead atoms. The van der Waals surface area contributed by atoms with Crippen LogP contribution >= 0.6 is 0 Å². The zero-order chi connectivity index (χ0) is 17.1. The molecule has 0 aromatic heterocycles. The summed E-state index contributed by atoms with van der Waals surface area (Å²) in [6, 6.07) is 11.0. The molecule has 0 amide bonds. The topological polar surface area (TPSA) is 75.1 Å². The molecule has 0 saturated carbocycles. The van der Waals surface area contributed by atoms with Crippen molar-refractivity contribution in [3.8, 4) is 16.9 Å². The van der Waals surface area contributed by atoms with Crippen molar-refractivity contribution in [2.45, 2.75) is 18.9 Å². The number of nitrogens with zero attached hydrogens (tertiary/aromatic N) is 3. The number of rotatable bonds is 4. The number of aldehydes is 1. The summed E-state index contributed by atoms with van der Waals surface area (Å²) in [5.41, 5.74) is 10.7. The molecule has 0 fully saturated rings.